The van der Waals surface area contributed by atoms with E-state index in [1.165, 1.54) is 6.21 Å². The molecule has 0 aliphatic heterocycles. The van der Waals surface area contributed by atoms with Gasteiger partial charge in [-0.05, 0) is 31.3 Å². The molecule has 4 nitrogen and oxygen atoms in total. The van der Waals surface area contributed by atoms with Gasteiger partial charge in [-0.15, -0.1) is 0 Å². The fraction of sp³-hybridized carbons (Fsp3) is 0.200. The predicted molar refractivity (Wildman–Crippen MR) is 65.1 cm³/mol. The first kappa shape index (κ1) is 11.5. The Morgan fingerprint density at radius 2 is 2.27 bits per heavy atom. The normalized spacial score (nSPS) is 10.2. The van der Waals surface area contributed by atoms with E-state index in [0.29, 0.717) is 10.7 Å². The smallest absolute Gasteiger partial charge is 0.186 e. The Morgan fingerprint density at radius 3 is 2.93 bits per heavy atom. The highest BCUT2D eigenvalue weighted by Crippen LogP contribution is 2.12. The molecule has 0 amide bonds. The van der Waals surface area contributed by atoms with Gasteiger partial charge in [-0.2, -0.15) is 5.10 Å². The van der Waals surface area contributed by atoms with Crippen molar-refractivity contribution in [2.45, 2.75) is 6.92 Å². The molecule has 0 aromatic heterocycles. The lowest BCUT2D eigenvalue weighted by Crippen LogP contribution is -2.31. The van der Waals surface area contributed by atoms with Gasteiger partial charge < -0.3 is 10.4 Å². The van der Waals surface area contributed by atoms with Gasteiger partial charge in [-0.3, -0.25) is 5.43 Å². The molecule has 1 aromatic carbocycles. The van der Waals surface area contributed by atoms with Crippen molar-refractivity contribution in [3.05, 3.63) is 29.8 Å². The Kier molecular flexibility index (Phi) is 4.56. The number of phenolic OH excluding ortho intramolecular Hbond substituents is 1. The summed E-state index contributed by atoms with van der Waals surface area (Å²) in [7, 11) is 0. The fourth-order valence-electron chi connectivity index (χ4n) is 0.957. The van der Waals surface area contributed by atoms with Gasteiger partial charge in [0, 0.05) is 12.1 Å². The number of phenols is 1. The first-order chi connectivity index (χ1) is 7.24. The summed E-state index contributed by atoms with van der Waals surface area (Å²) in [6, 6.07) is 6.94. The second-order valence-electron chi connectivity index (χ2n) is 2.79. The van der Waals surface area contributed by atoms with Gasteiger partial charge in [-0.25, -0.2) is 0 Å². The summed E-state index contributed by atoms with van der Waals surface area (Å²) in [6.45, 7) is 2.69. The molecule has 0 atom stereocenters. The largest absolute Gasteiger partial charge is 0.507 e. The van der Waals surface area contributed by atoms with Crippen molar-refractivity contribution in [3.63, 3.8) is 0 Å². The molecule has 15 heavy (non-hydrogen) atoms. The molecule has 1 rings (SSSR count). The third kappa shape index (κ3) is 3.95. The number of hydrogen-bond donors (Lipinski definition) is 3. The van der Waals surface area contributed by atoms with Gasteiger partial charge in [0.1, 0.15) is 5.75 Å². The molecule has 0 heterocycles. The van der Waals surface area contributed by atoms with E-state index in [2.05, 4.69) is 15.8 Å². The summed E-state index contributed by atoms with van der Waals surface area (Å²) in [5, 5.41) is 16.6. The zero-order valence-corrected chi connectivity index (χ0v) is 9.21. The van der Waals surface area contributed by atoms with E-state index in [-0.39, 0.29) is 5.75 Å². The lowest BCUT2D eigenvalue weighted by atomic mass is 10.2. The maximum atomic E-state index is 9.41. The van der Waals surface area contributed by atoms with Crippen molar-refractivity contribution in [3.8, 4) is 5.75 Å². The molecule has 5 heteroatoms. The minimum absolute atomic E-state index is 0.192. The van der Waals surface area contributed by atoms with Crippen molar-refractivity contribution in [1.82, 2.24) is 10.7 Å². The Hall–Kier alpha value is -1.62. The van der Waals surface area contributed by atoms with Crippen LogP contribution in [0, 0.1) is 0 Å². The number of benzene rings is 1. The Balaban J connectivity index is 2.52. The number of hydrogen-bond acceptors (Lipinski definition) is 3. The van der Waals surface area contributed by atoms with Gasteiger partial charge in [-0.1, -0.05) is 12.1 Å². The van der Waals surface area contributed by atoms with Gasteiger partial charge in [0.2, 0.25) is 0 Å². The molecule has 1 aromatic rings. The van der Waals surface area contributed by atoms with Gasteiger partial charge in [0.25, 0.3) is 0 Å². The molecule has 0 spiro atoms. The summed E-state index contributed by atoms with van der Waals surface area (Å²) in [4.78, 5) is 0. The Morgan fingerprint density at radius 1 is 1.53 bits per heavy atom. The van der Waals surface area contributed by atoms with E-state index in [9.17, 15) is 5.11 Å². The van der Waals surface area contributed by atoms with Crippen LogP contribution in [0.25, 0.3) is 0 Å². The van der Waals surface area contributed by atoms with Gasteiger partial charge in [0.15, 0.2) is 5.11 Å². The molecule has 0 aliphatic carbocycles. The summed E-state index contributed by atoms with van der Waals surface area (Å²) in [5.41, 5.74) is 3.28. The minimum Gasteiger partial charge on any atom is -0.507 e. The highest BCUT2D eigenvalue weighted by atomic mass is 32.1. The first-order valence-corrected chi connectivity index (χ1v) is 4.99. The maximum absolute atomic E-state index is 9.41. The molecule has 0 radical (unpaired) electrons. The van der Waals surface area contributed by atoms with E-state index in [4.69, 9.17) is 12.2 Å². The highest BCUT2D eigenvalue weighted by molar-refractivity contribution is 7.80. The maximum Gasteiger partial charge on any atom is 0.186 e. The van der Waals surface area contributed by atoms with Crippen LogP contribution in [0.4, 0.5) is 0 Å². The molecule has 0 bridgehead atoms. The van der Waals surface area contributed by atoms with Crippen LogP contribution >= 0.6 is 12.2 Å². The molecule has 0 unspecified atom stereocenters. The van der Waals surface area contributed by atoms with E-state index in [1.54, 1.807) is 18.2 Å². The lowest BCUT2D eigenvalue weighted by molar-refractivity contribution is 0.474. The zero-order chi connectivity index (χ0) is 11.1. The van der Waals surface area contributed by atoms with E-state index < -0.39 is 0 Å². The number of hydrazone groups is 1. The van der Waals surface area contributed by atoms with Crippen LogP contribution in [0.2, 0.25) is 0 Å². The lowest BCUT2D eigenvalue weighted by Gasteiger charge is -2.02. The van der Waals surface area contributed by atoms with E-state index >= 15 is 0 Å². The van der Waals surface area contributed by atoms with E-state index in [0.717, 1.165) is 6.54 Å². The van der Waals surface area contributed by atoms with Crippen LogP contribution in [-0.4, -0.2) is 23.0 Å². The number of para-hydroxylation sites is 1. The topological polar surface area (TPSA) is 56.7 Å². The average Bonchev–Trinajstić information content (AvgIpc) is 2.21. The SMILES string of the molecule is CCNC(=S)N/N=C\c1ccccc1O. The standard InChI is InChI=1S/C10H13N3OS/c1-2-11-10(15)13-12-7-8-5-3-4-6-9(8)14/h3-7,14H,2H2,1H3,(H2,11,13,15)/b12-7-. The molecular formula is C10H13N3OS. The van der Waals surface area contributed by atoms with Crippen molar-refractivity contribution >= 4 is 23.5 Å². The monoisotopic (exact) mass is 223 g/mol. The Bertz CT molecular complexity index is 365. The molecular weight excluding hydrogens is 210 g/mol. The fourth-order valence-corrected chi connectivity index (χ4v) is 1.15. The van der Waals surface area contributed by atoms with Gasteiger partial charge in [0.05, 0.1) is 6.21 Å². The quantitative estimate of drug-likeness (QED) is 0.409. The second-order valence-corrected chi connectivity index (χ2v) is 3.20. The third-order valence-electron chi connectivity index (χ3n) is 1.64. The van der Waals surface area contributed by atoms with Crippen molar-refractivity contribution in [2.75, 3.05) is 6.54 Å². The highest BCUT2D eigenvalue weighted by Gasteiger charge is 1.94. The molecule has 0 fully saturated rings. The van der Waals surface area contributed by atoms with E-state index in [1.807, 2.05) is 13.0 Å². The summed E-state index contributed by atoms with van der Waals surface area (Å²) < 4.78 is 0. The van der Waals surface area contributed by atoms with Crippen LogP contribution in [-0.2, 0) is 0 Å². The van der Waals surface area contributed by atoms with Crippen LogP contribution in [0.15, 0.2) is 29.4 Å². The van der Waals surface area contributed by atoms with Crippen molar-refractivity contribution in [1.29, 1.82) is 0 Å². The third-order valence-corrected chi connectivity index (χ3v) is 1.88. The summed E-state index contributed by atoms with van der Waals surface area (Å²) >= 11 is 4.90. The zero-order valence-electron chi connectivity index (χ0n) is 8.40. The average molecular weight is 223 g/mol. The number of nitrogens with one attached hydrogen (secondary N) is 2. The summed E-state index contributed by atoms with van der Waals surface area (Å²) in [6.07, 6.45) is 1.51. The van der Waals surface area contributed by atoms with Crippen LogP contribution in [0.1, 0.15) is 12.5 Å². The number of aromatic hydroxyl groups is 1. The second kappa shape index (κ2) is 5.98. The number of rotatable bonds is 3. The van der Waals surface area contributed by atoms with Crippen molar-refractivity contribution in [2.24, 2.45) is 5.10 Å². The van der Waals surface area contributed by atoms with Crippen molar-refractivity contribution < 1.29 is 5.11 Å². The first-order valence-electron chi connectivity index (χ1n) is 4.59. The van der Waals surface area contributed by atoms with Crippen LogP contribution in [0.3, 0.4) is 0 Å². The Labute approximate surface area is 94.0 Å². The molecule has 80 valence electrons. The van der Waals surface area contributed by atoms with Crippen LogP contribution in [0.5, 0.6) is 5.75 Å². The number of nitrogens with zero attached hydrogens (tertiary/aromatic N) is 1. The molecule has 0 saturated carbocycles. The molecule has 0 saturated heterocycles. The minimum atomic E-state index is 0.192. The van der Waals surface area contributed by atoms with Gasteiger partial charge >= 0.3 is 0 Å². The molecule has 3 N–H and O–H groups in total. The number of thiocarbonyl (C=S) groups is 1. The van der Waals surface area contributed by atoms with Crippen LogP contribution < -0.4 is 10.7 Å². The predicted octanol–water partition coefficient (Wildman–Crippen LogP) is 1.21. The summed E-state index contributed by atoms with van der Waals surface area (Å²) in [5.74, 6) is 0.192. The molecule has 0 aliphatic rings.